The summed E-state index contributed by atoms with van der Waals surface area (Å²) in [6.07, 6.45) is 0.978. The Bertz CT molecular complexity index is 987. The lowest BCUT2D eigenvalue weighted by molar-refractivity contribution is -0.118. The van der Waals surface area contributed by atoms with Gasteiger partial charge in [-0.25, -0.2) is 12.8 Å². The third-order valence-corrected chi connectivity index (χ3v) is 4.68. The number of carbonyl (C=O) groups excluding carboxylic acids is 2. The third-order valence-electron chi connectivity index (χ3n) is 3.57. The molecule has 1 N–H and O–H groups in total. The van der Waals surface area contributed by atoms with Crippen molar-refractivity contribution in [2.24, 2.45) is 0 Å². The third kappa shape index (κ3) is 5.27. The number of hydrogen-bond donors (Lipinski definition) is 1. The maximum Gasteiger partial charge on any atom is 0.262 e. The Morgan fingerprint density at radius 1 is 1.11 bits per heavy atom. The summed E-state index contributed by atoms with van der Waals surface area (Å²) in [7, 11) is -2.16. The summed E-state index contributed by atoms with van der Waals surface area (Å²) in [6, 6.07) is 7.57. The molecule has 0 aromatic heterocycles. The van der Waals surface area contributed by atoms with Gasteiger partial charge in [0.1, 0.15) is 5.82 Å². The van der Waals surface area contributed by atoms with E-state index < -0.39 is 28.2 Å². The van der Waals surface area contributed by atoms with Crippen LogP contribution in [0.15, 0.2) is 41.3 Å². The Balaban J connectivity index is 2.10. The molecule has 0 heterocycles. The predicted octanol–water partition coefficient (Wildman–Crippen LogP) is 2.46. The quantitative estimate of drug-likeness (QED) is 0.571. The Morgan fingerprint density at radius 2 is 1.81 bits per heavy atom. The normalized spacial score (nSPS) is 11.0. The molecule has 0 radical (unpaired) electrons. The van der Waals surface area contributed by atoms with Crippen LogP contribution in [0.4, 0.5) is 10.1 Å². The Labute approximate surface area is 156 Å². The highest BCUT2D eigenvalue weighted by Gasteiger charge is 2.15. The Hall–Kier alpha value is -2.94. The number of amides is 1. The minimum atomic E-state index is -3.55. The Kier molecular flexibility index (Phi) is 6.17. The zero-order chi connectivity index (χ0) is 20.2. The standard InChI is InChI=1S/C18H18FNO6S/c1-11(21)12-4-7-16(17(8-12)25-2)26-10-18(22)20-15-9-13(27(3,23)24)5-6-14(15)19/h4-9H,10H2,1-3H3,(H,20,22). The molecule has 0 aliphatic heterocycles. The van der Waals surface area contributed by atoms with Crippen LogP contribution in [0, 0.1) is 5.82 Å². The van der Waals surface area contributed by atoms with Gasteiger partial charge < -0.3 is 14.8 Å². The van der Waals surface area contributed by atoms with Crippen LogP contribution < -0.4 is 14.8 Å². The zero-order valence-electron chi connectivity index (χ0n) is 14.9. The number of ether oxygens (including phenoxy) is 2. The van der Waals surface area contributed by atoms with Crippen LogP contribution in [-0.4, -0.2) is 40.1 Å². The van der Waals surface area contributed by atoms with Crippen molar-refractivity contribution in [3.8, 4) is 11.5 Å². The van der Waals surface area contributed by atoms with E-state index in [1.807, 2.05) is 0 Å². The van der Waals surface area contributed by atoms with Gasteiger partial charge in [0, 0.05) is 11.8 Å². The van der Waals surface area contributed by atoms with E-state index in [0.717, 1.165) is 24.5 Å². The number of Topliss-reactive ketones (excluding diaryl/α,β-unsaturated/α-hetero) is 1. The van der Waals surface area contributed by atoms with Gasteiger partial charge in [-0.15, -0.1) is 0 Å². The van der Waals surface area contributed by atoms with E-state index >= 15 is 0 Å². The van der Waals surface area contributed by atoms with Crippen molar-refractivity contribution in [3.05, 3.63) is 47.8 Å². The second kappa shape index (κ2) is 8.17. The molecule has 0 aliphatic rings. The second-order valence-electron chi connectivity index (χ2n) is 5.67. The molecule has 2 rings (SSSR count). The maximum atomic E-state index is 13.8. The number of rotatable bonds is 7. The number of carbonyl (C=O) groups is 2. The lowest BCUT2D eigenvalue weighted by Gasteiger charge is -2.12. The van der Waals surface area contributed by atoms with Crippen molar-refractivity contribution >= 4 is 27.2 Å². The van der Waals surface area contributed by atoms with E-state index in [1.165, 1.54) is 32.2 Å². The number of methoxy groups -OCH3 is 1. The van der Waals surface area contributed by atoms with Gasteiger partial charge in [0.2, 0.25) is 0 Å². The molecule has 0 atom stereocenters. The average molecular weight is 395 g/mol. The molecule has 0 spiro atoms. The minimum absolute atomic E-state index is 0.124. The summed E-state index contributed by atoms with van der Waals surface area (Å²) in [4.78, 5) is 23.3. The largest absolute Gasteiger partial charge is 0.493 e. The maximum absolute atomic E-state index is 13.8. The van der Waals surface area contributed by atoms with Crippen LogP contribution in [0.2, 0.25) is 0 Å². The van der Waals surface area contributed by atoms with Gasteiger partial charge in [0.15, 0.2) is 33.7 Å². The summed E-state index contributed by atoms with van der Waals surface area (Å²) in [6.45, 7) is 0.931. The summed E-state index contributed by atoms with van der Waals surface area (Å²) >= 11 is 0. The summed E-state index contributed by atoms with van der Waals surface area (Å²) in [5.41, 5.74) is 0.147. The molecule has 0 bridgehead atoms. The number of benzene rings is 2. The number of anilines is 1. The smallest absolute Gasteiger partial charge is 0.262 e. The highest BCUT2D eigenvalue weighted by Crippen LogP contribution is 2.28. The first-order chi connectivity index (χ1) is 12.6. The number of hydrogen-bond acceptors (Lipinski definition) is 6. The van der Waals surface area contributed by atoms with Gasteiger partial charge in [0.05, 0.1) is 17.7 Å². The van der Waals surface area contributed by atoms with E-state index in [2.05, 4.69) is 5.32 Å². The van der Waals surface area contributed by atoms with Gasteiger partial charge in [0.25, 0.3) is 5.91 Å². The SMILES string of the molecule is COc1cc(C(C)=O)ccc1OCC(=O)Nc1cc(S(C)(=O)=O)ccc1F. The number of halogens is 1. The molecule has 0 fully saturated rings. The molecule has 27 heavy (non-hydrogen) atoms. The summed E-state index contributed by atoms with van der Waals surface area (Å²) in [5.74, 6) is -1.14. The van der Waals surface area contributed by atoms with Gasteiger partial charge in [-0.3, -0.25) is 9.59 Å². The van der Waals surface area contributed by atoms with Crippen molar-refractivity contribution in [3.63, 3.8) is 0 Å². The molecule has 7 nitrogen and oxygen atoms in total. The van der Waals surface area contributed by atoms with Crippen LogP contribution in [0.25, 0.3) is 0 Å². The first-order valence-corrected chi connectivity index (χ1v) is 9.62. The van der Waals surface area contributed by atoms with Crippen LogP contribution in [0.5, 0.6) is 11.5 Å². The lowest BCUT2D eigenvalue weighted by atomic mass is 10.1. The van der Waals surface area contributed by atoms with E-state index in [-0.39, 0.29) is 27.9 Å². The van der Waals surface area contributed by atoms with Crippen molar-refractivity contribution in [1.29, 1.82) is 0 Å². The lowest BCUT2D eigenvalue weighted by Crippen LogP contribution is -2.21. The molecule has 0 unspecified atom stereocenters. The second-order valence-corrected chi connectivity index (χ2v) is 7.69. The van der Waals surface area contributed by atoms with Gasteiger partial charge in [-0.1, -0.05) is 0 Å². The van der Waals surface area contributed by atoms with Gasteiger partial charge in [-0.05, 0) is 43.3 Å². The minimum Gasteiger partial charge on any atom is -0.493 e. The molecule has 2 aromatic carbocycles. The molecule has 1 amide bonds. The monoisotopic (exact) mass is 395 g/mol. The fourth-order valence-electron chi connectivity index (χ4n) is 2.17. The van der Waals surface area contributed by atoms with Crippen LogP contribution in [-0.2, 0) is 14.6 Å². The van der Waals surface area contributed by atoms with Crippen LogP contribution in [0.3, 0.4) is 0 Å². The molecule has 2 aromatic rings. The molecule has 0 aliphatic carbocycles. The molecule has 0 saturated carbocycles. The van der Waals surface area contributed by atoms with E-state index in [4.69, 9.17) is 9.47 Å². The molecule has 9 heteroatoms. The highest BCUT2D eigenvalue weighted by molar-refractivity contribution is 7.90. The first-order valence-electron chi connectivity index (χ1n) is 7.73. The van der Waals surface area contributed by atoms with Crippen molar-refractivity contribution in [1.82, 2.24) is 0 Å². The van der Waals surface area contributed by atoms with E-state index in [0.29, 0.717) is 5.56 Å². The summed E-state index contributed by atoms with van der Waals surface area (Å²) in [5, 5.41) is 2.26. The molecule has 0 saturated heterocycles. The van der Waals surface area contributed by atoms with E-state index in [1.54, 1.807) is 0 Å². The van der Waals surface area contributed by atoms with Crippen molar-refractivity contribution in [2.45, 2.75) is 11.8 Å². The van der Waals surface area contributed by atoms with Crippen molar-refractivity contribution in [2.75, 3.05) is 25.3 Å². The molecule has 144 valence electrons. The fraction of sp³-hybridized carbons (Fsp3) is 0.222. The predicted molar refractivity (Wildman–Crippen MR) is 96.6 cm³/mol. The van der Waals surface area contributed by atoms with Crippen LogP contribution in [0.1, 0.15) is 17.3 Å². The zero-order valence-corrected chi connectivity index (χ0v) is 15.7. The topological polar surface area (TPSA) is 98.8 Å². The Morgan fingerprint density at radius 3 is 2.41 bits per heavy atom. The van der Waals surface area contributed by atoms with Crippen molar-refractivity contribution < 1.29 is 31.9 Å². The van der Waals surface area contributed by atoms with Gasteiger partial charge >= 0.3 is 0 Å². The highest BCUT2D eigenvalue weighted by atomic mass is 32.2. The number of sulfone groups is 1. The van der Waals surface area contributed by atoms with Crippen LogP contribution >= 0.6 is 0 Å². The number of nitrogens with one attached hydrogen (secondary N) is 1. The van der Waals surface area contributed by atoms with E-state index in [9.17, 15) is 22.4 Å². The number of ketones is 1. The molecular weight excluding hydrogens is 377 g/mol. The first kappa shape index (κ1) is 20.4. The average Bonchev–Trinajstić information content (AvgIpc) is 2.60. The fourth-order valence-corrected chi connectivity index (χ4v) is 2.81. The van der Waals surface area contributed by atoms with Gasteiger partial charge in [-0.2, -0.15) is 0 Å². The molecular formula is C18H18FNO6S. The summed E-state index contributed by atoms with van der Waals surface area (Å²) < 4.78 is 47.4.